The molecule has 0 bridgehead atoms. The molecule has 148 valence electrons. The number of carbonyl (C=O) groups is 2. The summed E-state index contributed by atoms with van der Waals surface area (Å²) in [6.07, 6.45) is 1.93. The zero-order valence-electron chi connectivity index (χ0n) is 17.2. The number of ether oxygens (including phenoxy) is 1. The molecule has 27 heavy (non-hydrogen) atoms. The van der Waals surface area contributed by atoms with E-state index >= 15 is 0 Å². The van der Waals surface area contributed by atoms with Gasteiger partial charge in [-0.2, -0.15) is 0 Å². The van der Waals surface area contributed by atoms with Crippen molar-refractivity contribution in [2.45, 2.75) is 65.1 Å². The normalized spacial score (nSPS) is 19.4. The van der Waals surface area contributed by atoms with Gasteiger partial charge < -0.3 is 19.4 Å². The minimum absolute atomic E-state index is 0.234. The van der Waals surface area contributed by atoms with Gasteiger partial charge in [-0.1, -0.05) is 19.9 Å². The Morgan fingerprint density at radius 2 is 1.81 bits per heavy atom. The fourth-order valence-corrected chi connectivity index (χ4v) is 2.99. The van der Waals surface area contributed by atoms with Crippen LogP contribution in [0.15, 0.2) is 24.4 Å². The Kier molecular flexibility index (Phi) is 6.02. The highest BCUT2D eigenvalue weighted by Crippen LogP contribution is 2.41. The molecule has 0 spiro atoms. The number of pyridine rings is 1. The quantitative estimate of drug-likeness (QED) is 0.606. The first-order valence-corrected chi connectivity index (χ1v) is 9.05. The maximum Gasteiger partial charge on any atom is 0.458 e. The molecule has 1 aromatic heterocycles. The van der Waals surface area contributed by atoms with E-state index in [1.165, 1.54) is 13.3 Å². The lowest BCUT2D eigenvalue weighted by atomic mass is 9.66. The Morgan fingerprint density at radius 1 is 1.22 bits per heavy atom. The molecular weight excluding hydrogens is 347 g/mol. The van der Waals surface area contributed by atoms with Crippen LogP contribution in [0.1, 0.15) is 52.0 Å². The summed E-state index contributed by atoms with van der Waals surface area (Å²) in [5.41, 5.74) is -1.38. The van der Waals surface area contributed by atoms with Gasteiger partial charge in [-0.25, -0.2) is 4.79 Å². The monoisotopic (exact) mass is 376 g/mol. The number of amides is 1. The van der Waals surface area contributed by atoms with Crippen LogP contribution in [0.25, 0.3) is 0 Å². The zero-order valence-corrected chi connectivity index (χ0v) is 17.2. The smallest absolute Gasteiger partial charge is 0.458 e. The zero-order chi connectivity index (χ0) is 20.5. The summed E-state index contributed by atoms with van der Waals surface area (Å²) in [5.74, 6) is -0.964. The maximum atomic E-state index is 12.5. The summed E-state index contributed by atoms with van der Waals surface area (Å²) >= 11 is 0. The lowest BCUT2D eigenvalue weighted by Crippen LogP contribution is -2.52. The summed E-state index contributed by atoms with van der Waals surface area (Å²) in [7, 11) is 0.802. The number of hydrogen-bond donors (Lipinski definition) is 1. The number of hydrogen-bond acceptors (Lipinski definition) is 6. The van der Waals surface area contributed by atoms with Gasteiger partial charge in [-0.15, -0.1) is 0 Å². The van der Waals surface area contributed by atoms with Crippen LogP contribution in [0.3, 0.4) is 0 Å². The summed E-state index contributed by atoms with van der Waals surface area (Å²) in [6.45, 7) is 11.6. The molecule has 2 heterocycles. The van der Waals surface area contributed by atoms with E-state index in [0.717, 1.165) is 0 Å². The van der Waals surface area contributed by atoms with Crippen molar-refractivity contribution in [2.24, 2.45) is 5.41 Å². The van der Waals surface area contributed by atoms with Crippen LogP contribution < -0.4 is 5.32 Å². The summed E-state index contributed by atoms with van der Waals surface area (Å²) in [6, 6.07) is 4.14. The van der Waals surface area contributed by atoms with Gasteiger partial charge in [0.05, 0.1) is 18.3 Å². The second-order valence-corrected chi connectivity index (χ2v) is 8.52. The first-order valence-electron chi connectivity index (χ1n) is 9.05. The largest absolute Gasteiger partial charge is 0.467 e. The summed E-state index contributed by atoms with van der Waals surface area (Å²) in [4.78, 5) is 29.0. The Labute approximate surface area is 161 Å². The third kappa shape index (κ3) is 4.68. The Balaban J connectivity index is 2.17. The molecule has 1 aliphatic heterocycles. The molecule has 0 aromatic carbocycles. The molecule has 1 aliphatic rings. The predicted octanol–water partition coefficient (Wildman–Crippen LogP) is 2.47. The molecule has 1 amide bonds. The fraction of sp³-hybridized carbons (Fsp3) is 0.632. The average Bonchev–Trinajstić information content (AvgIpc) is 2.78. The van der Waals surface area contributed by atoms with Crippen LogP contribution in [-0.4, -0.2) is 48.3 Å². The Bertz CT molecular complexity index is 675. The summed E-state index contributed by atoms with van der Waals surface area (Å²) < 4.78 is 17.0. The Hall–Kier alpha value is -1.93. The van der Waals surface area contributed by atoms with Crippen LogP contribution in [0, 0.1) is 5.41 Å². The summed E-state index contributed by atoms with van der Waals surface area (Å²) in [5, 5.41) is 2.75. The number of carbonyl (C=O) groups excluding carboxylic acids is 2. The number of aromatic nitrogens is 1. The minimum Gasteiger partial charge on any atom is -0.467 e. The van der Waals surface area contributed by atoms with Crippen molar-refractivity contribution in [2.75, 3.05) is 7.11 Å². The van der Waals surface area contributed by atoms with E-state index < -0.39 is 41.7 Å². The lowest BCUT2D eigenvalue weighted by molar-refractivity contribution is -0.145. The second kappa shape index (κ2) is 7.60. The van der Waals surface area contributed by atoms with Crippen LogP contribution >= 0.6 is 0 Å². The third-order valence-electron chi connectivity index (χ3n) is 5.39. The fourth-order valence-electron chi connectivity index (χ4n) is 2.99. The topological polar surface area (TPSA) is 86.8 Å². The van der Waals surface area contributed by atoms with E-state index in [1.807, 2.05) is 41.5 Å². The first-order chi connectivity index (χ1) is 12.4. The van der Waals surface area contributed by atoms with Crippen LogP contribution in [0.4, 0.5) is 0 Å². The minimum atomic E-state index is -0.879. The SMILES string of the molecule is COC(=O)[C@@H](NC(=O)c1ccccn1)C(C)(C)CB1OC(C)(C)C(C)(C)O1. The van der Waals surface area contributed by atoms with Gasteiger partial charge in [0, 0.05) is 6.20 Å². The van der Waals surface area contributed by atoms with Crippen molar-refractivity contribution in [3.05, 3.63) is 30.1 Å². The van der Waals surface area contributed by atoms with Crippen molar-refractivity contribution >= 4 is 19.0 Å². The number of nitrogens with zero attached hydrogens (tertiary/aromatic N) is 1. The van der Waals surface area contributed by atoms with E-state index in [9.17, 15) is 9.59 Å². The molecule has 0 unspecified atom stereocenters. The van der Waals surface area contributed by atoms with E-state index in [4.69, 9.17) is 14.0 Å². The first kappa shape index (κ1) is 21.4. The highest BCUT2D eigenvalue weighted by Gasteiger charge is 2.53. The van der Waals surface area contributed by atoms with Crippen molar-refractivity contribution in [3.63, 3.8) is 0 Å². The second-order valence-electron chi connectivity index (χ2n) is 8.52. The van der Waals surface area contributed by atoms with Crippen molar-refractivity contribution in [1.29, 1.82) is 0 Å². The van der Waals surface area contributed by atoms with Gasteiger partial charge in [-0.05, 0) is 51.6 Å². The van der Waals surface area contributed by atoms with Crippen LogP contribution in [0.2, 0.25) is 6.32 Å². The van der Waals surface area contributed by atoms with E-state index in [2.05, 4.69) is 10.3 Å². The van der Waals surface area contributed by atoms with Crippen molar-refractivity contribution in [1.82, 2.24) is 10.3 Å². The molecule has 1 aromatic rings. The predicted molar refractivity (Wildman–Crippen MR) is 102 cm³/mol. The van der Waals surface area contributed by atoms with Crippen LogP contribution in [0.5, 0.6) is 0 Å². The van der Waals surface area contributed by atoms with E-state index in [-0.39, 0.29) is 5.69 Å². The average molecular weight is 376 g/mol. The maximum absolute atomic E-state index is 12.5. The number of esters is 1. The highest BCUT2D eigenvalue weighted by atomic mass is 16.7. The van der Waals surface area contributed by atoms with Crippen molar-refractivity contribution < 1.29 is 23.6 Å². The molecule has 0 aliphatic carbocycles. The Morgan fingerprint density at radius 3 is 2.30 bits per heavy atom. The van der Waals surface area contributed by atoms with E-state index in [1.54, 1.807) is 18.2 Å². The van der Waals surface area contributed by atoms with Gasteiger partial charge in [0.2, 0.25) is 0 Å². The molecule has 1 atom stereocenters. The molecule has 0 radical (unpaired) electrons. The third-order valence-corrected chi connectivity index (χ3v) is 5.39. The number of nitrogens with one attached hydrogen (secondary N) is 1. The van der Waals surface area contributed by atoms with Crippen molar-refractivity contribution in [3.8, 4) is 0 Å². The molecule has 1 fully saturated rings. The van der Waals surface area contributed by atoms with Gasteiger partial charge in [0.25, 0.3) is 5.91 Å². The molecule has 0 saturated carbocycles. The standard InChI is InChI=1S/C19H29BN2O5/c1-17(2,12-20-26-18(3,4)19(5,6)27-20)14(16(24)25-7)22-15(23)13-10-8-9-11-21-13/h8-11,14H,12H2,1-7H3,(H,22,23)/t14-/m1/s1. The lowest BCUT2D eigenvalue weighted by Gasteiger charge is -2.33. The highest BCUT2D eigenvalue weighted by molar-refractivity contribution is 6.45. The molecule has 8 heteroatoms. The molecule has 7 nitrogen and oxygen atoms in total. The number of methoxy groups -OCH3 is 1. The molecule has 2 rings (SSSR count). The van der Waals surface area contributed by atoms with Gasteiger partial charge in [0.1, 0.15) is 11.7 Å². The molecule has 1 saturated heterocycles. The van der Waals surface area contributed by atoms with Gasteiger partial charge >= 0.3 is 13.1 Å². The van der Waals surface area contributed by atoms with E-state index in [0.29, 0.717) is 6.32 Å². The number of rotatable bonds is 6. The van der Waals surface area contributed by atoms with Crippen LogP contribution in [-0.2, 0) is 18.8 Å². The van der Waals surface area contributed by atoms with Gasteiger partial charge in [0.15, 0.2) is 0 Å². The molecule has 1 N–H and O–H groups in total. The van der Waals surface area contributed by atoms with Gasteiger partial charge in [-0.3, -0.25) is 9.78 Å². The molecular formula is C19H29BN2O5.